The lowest BCUT2D eigenvalue weighted by atomic mass is 9.81. The van der Waals surface area contributed by atoms with Gasteiger partial charge in [0.2, 0.25) is 0 Å². The molecule has 0 bridgehead atoms. The van der Waals surface area contributed by atoms with E-state index in [9.17, 15) is 5.11 Å². The maximum Gasteiger partial charge on any atom is 0.0500 e. The van der Waals surface area contributed by atoms with Crippen LogP contribution in [0.2, 0.25) is 0 Å². The molecule has 0 saturated carbocycles. The predicted molar refractivity (Wildman–Crippen MR) is 78.1 cm³/mol. The molecule has 1 aromatic heterocycles. The zero-order valence-corrected chi connectivity index (χ0v) is 11.8. The Labute approximate surface area is 114 Å². The number of H-pyrrole nitrogens is 1. The Morgan fingerprint density at radius 1 is 1.33 bits per heavy atom. The van der Waals surface area contributed by atoms with Crippen LogP contribution in [0.1, 0.15) is 31.1 Å². The number of nitrogens with two attached hydrogens (primary N) is 1. The quantitative estimate of drug-likeness (QED) is 0.802. The summed E-state index contributed by atoms with van der Waals surface area (Å²) in [7, 11) is 0. The number of hydrogen-bond donors (Lipinski definition) is 3. The Kier molecular flexibility index (Phi) is 4.43. The number of halogens is 1. The lowest BCUT2D eigenvalue weighted by Crippen LogP contribution is -2.32. The minimum Gasteiger partial charge on any atom is -0.396 e. The van der Waals surface area contributed by atoms with Gasteiger partial charge in [-0.25, -0.2) is 0 Å². The predicted octanol–water partition coefficient (Wildman–Crippen LogP) is 2.92. The van der Waals surface area contributed by atoms with Gasteiger partial charge in [0.15, 0.2) is 0 Å². The Bertz CT molecular complexity index is 534. The van der Waals surface area contributed by atoms with E-state index >= 15 is 0 Å². The Morgan fingerprint density at radius 3 is 2.56 bits per heavy atom. The van der Waals surface area contributed by atoms with Gasteiger partial charge >= 0.3 is 0 Å². The maximum absolute atomic E-state index is 9.44. The molecule has 100 valence electrons. The summed E-state index contributed by atoms with van der Waals surface area (Å²) >= 11 is 0. The number of hydrogen-bond acceptors (Lipinski definition) is 2. The highest BCUT2D eigenvalue weighted by atomic mass is 35.5. The molecule has 0 aliphatic carbocycles. The summed E-state index contributed by atoms with van der Waals surface area (Å²) in [5.41, 5.74) is 9.29. The van der Waals surface area contributed by atoms with E-state index in [1.165, 1.54) is 0 Å². The smallest absolute Gasteiger partial charge is 0.0500 e. The second-order valence-corrected chi connectivity index (χ2v) is 5.33. The van der Waals surface area contributed by atoms with Gasteiger partial charge in [-0.2, -0.15) is 0 Å². The molecule has 18 heavy (non-hydrogen) atoms. The van der Waals surface area contributed by atoms with Crippen LogP contribution in [0.5, 0.6) is 0 Å². The molecule has 0 saturated heterocycles. The van der Waals surface area contributed by atoms with Crippen LogP contribution in [0.4, 0.5) is 0 Å². The van der Waals surface area contributed by atoms with Crippen LogP contribution in [0.25, 0.3) is 10.9 Å². The third kappa shape index (κ3) is 2.39. The summed E-state index contributed by atoms with van der Waals surface area (Å²) in [4.78, 5) is 3.34. The van der Waals surface area contributed by atoms with Crippen LogP contribution < -0.4 is 5.73 Å². The van der Waals surface area contributed by atoms with E-state index in [1.807, 2.05) is 39.0 Å². The topological polar surface area (TPSA) is 62.0 Å². The zero-order valence-electron chi connectivity index (χ0n) is 11.0. The number of rotatable bonds is 3. The SMILES string of the molecule is Cc1[nH]c2ccccc2c1[C@H](N)C(C)(C)CO.Cl. The minimum atomic E-state index is -0.324. The maximum atomic E-state index is 9.44. The number of benzene rings is 1. The second-order valence-electron chi connectivity index (χ2n) is 5.33. The Morgan fingerprint density at radius 2 is 1.94 bits per heavy atom. The first-order valence-electron chi connectivity index (χ1n) is 5.91. The lowest BCUT2D eigenvalue weighted by molar-refractivity contribution is 0.132. The molecule has 0 spiro atoms. The van der Waals surface area contributed by atoms with Gasteiger partial charge in [-0.3, -0.25) is 0 Å². The summed E-state index contributed by atoms with van der Waals surface area (Å²) in [6.45, 7) is 6.08. The van der Waals surface area contributed by atoms with Crippen molar-refractivity contribution >= 4 is 23.3 Å². The molecule has 0 unspecified atom stereocenters. The molecular weight excluding hydrogens is 248 g/mol. The van der Waals surface area contributed by atoms with E-state index in [2.05, 4.69) is 11.1 Å². The zero-order chi connectivity index (χ0) is 12.6. The molecule has 0 fully saturated rings. The monoisotopic (exact) mass is 268 g/mol. The molecule has 1 aromatic carbocycles. The number of fused-ring (bicyclic) bond motifs is 1. The van der Waals surface area contributed by atoms with Gasteiger partial charge in [0, 0.05) is 34.7 Å². The van der Waals surface area contributed by atoms with Gasteiger partial charge in [-0.05, 0) is 18.6 Å². The number of aryl methyl sites for hydroxylation is 1. The van der Waals surface area contributed by atoms with E-state index in [4.69, 9.17) is 5.73 Å². The third-order valence-corrected chi connectivity index (χ3v) is 3.50. The van der Waals surface area contributed by atoms with Gasteiger partial charge in [0.1, 0.15) is 0 Å². The fourth-order valence-electron chi connectivity index (χ4n) is 2.19. The highest BCUT2D eigenvalue weighted by Gasteiger charge is 2.30. The molecule has 3 nitrogen and oxygen atoms in total. The van der Waals surface area contributed by atoms with Crippen LogP contribution in [-0.2, 0) is 0 Å². The largest absolute Gasteiger partial charge is 0.396 e. The normalized spacial score (nSPS) is 13.4. The highest BCUT2D eigenvalue weighted by Crippen LogP contribution is 2.36. The highest BCUT2D eigenvalue weighted by molar-refractivity contribution is 5.85. The van der Waals surface area contributed by atoms with Crippen LogP contribution in [-0.4, -0.2) is 16.7 Å². The van der Waals surface area contributed by atoms with E-state index in [-0.39, 0.29) is 30.5 Å². The molecule has 0 aliphatic heterocycles. The molecule has 0 amide bonds. The molecule has 4 N–H and O–H groups in total. The fraction of sp³-hybridized carbons (Fsp3) is 0.429. The lowest BCUT2D eigenvalue weighted by Gasteiger charge is -2.30. The summed E-state index contributed by atoms with van der Waals surface area (Å²) in [5.74, 6) is 0. The Balaban J connectivity index is 0.00000162. The van der Waals surface area contributed by atoms with Crippen LogP contribution in [0.3, 0.4) is 0 Å². The number of para-hydroxylation sites is 1. The first kappa shape index (κ1) is 15.0. The van der Waals surface area contributed by atoms with E-state index in [0.29, 0.717) is 0 Å². The van der Waals surface area contributed by atoms with Gasteiger partial charge in [0.05, 0.1) is 0 Å². The van der Waals surface area contributed by atoms with Crippen molar-refractivity contribution in [3.05, 3.63) is 35.5 Å². The van der Waals surface area contributed by atoms with Crippen molar-refractivity contribution in [1.82, 2.24) is 4.98 Å². The average Bonchev–Trinajstić information content (AvgIpc) is 2.64. The van der Waals surface area contributed by atoms with Crippen LogP contribution in [0, 0.1) is 12.3 Å². The molecule has 1 atom stereocenters. The number of nitrogens with one attached hydrogen (secondary N) is 1. The molecule has 1 heterocycles. The van der Waals surface area contributed by atoms with Gasteiger partial charge in [-0.1, -0.05) is 32.0 Å². The van der Waals surface area contributed by atoms with Crippen molar-refractivity contribution in [2.75, 3.05) is 6.61 Å². The number of aromatic nitrogens is 1. The molecule has 0 radical (unpaired) electrons. The molecule has 2 rings (SSSR count). The van der Waals surface area contributed by atoms with Gasteiger partial charge in [0.25, 0.3) is 0 Å². The first-order chi connectivity index (χ1) is 7.97. The molecular formula is C14H21ClN2O. The first-order valence-corrected chi connectivity index (χ1v) is 5.91. The number of aliphatic hydroxyl groups excluding tert-OH is 1. The van der Waals surface area contributed by atoms with Crippen molar-refractivity contribution in [3.8, 4) is 0 Å². The van der Waals surface area contributed by atoms with E-state index in [1.54, 1.807) is 0 Å². The Hall–Kier alpha value is -1.03. The van der Waals surface area contributed by atoms with E-state index < -0.39 is 0 Å². The summed E-state index contributed by atoms with van der Waals surface area (Å²) in [6, 6.07) is 7.96. The molecule has 0 aliphatic rings. The van der Waals surface area contributed by atoms with E-state index in [0.717, 1.165) is 22.2 Å². The average molecular weight is 269 g/mol. The van der Waals surface area contributed by atoms with Crippen LogP contribution in [0.15, 0.2) is 24.3 Å². The van der Waals surface area contributed by atoms with Gasteiger partial charge < -0.3 is 15.8 Å². The third-order valence-electron chi connectivity index (χ3n) is 3.50. The standard InChI is InChI=1S/C14H20N2O.ClH/c1-9-12(13(15)14(2,3)8-17)10-6-4-5-7-11(10)16-9;/h4-7,13,16-17H,8,15H2,1-3H3;1H/t13-;/m0./s1. The summed E-state index contributed by atoms with van der Waals surface area (Å²) in [6.07, 6.45) is 0. The summed E-state index contributed by atoms with van der Waals surface area (Å²) < 4.78 is 0. The minimum absolute atomic E-state index is 0. The van der Waals surface area contributed by atoms with Crippen LogP contribution >= 0.6 is 12.4 Å². The fourth-order valence-corrected chi connectivity index (χ4v) is 2.19. The number of aliphatic hydroxyl groups is 1. The van der Waals surface area contributed by atoms with Crippen molar-refractivity contribution < 1.29 is 5.11 Å². The number of aromatic amines is 1. The van der Waals surface area contributed by atoms with Crippen molar-refractivity contribution in [2.45, 2.75) is 26.8 Å². The summed E-state index contributed by atoms with van der Waals surface area (Å²) in [5, 5.41) is 10.6. The van der Waals surface area contributed by atoms with Crippen molar-refractivity contribution in [1.29, 1.82) is 0 Å². The second kappa shape index (κ2) is 5.31. The molecule has 4 heteroatoms. The van der Waals surface area contributed by atoms with Crippen molar-refractivity contribution in [2.24, 2.45) is 11.1 Å². The van der Waals surface area contributed by atoms with Gasteiger partial charge in [-0.15, -0.1) is 12.4 Å². The van der Waals surface area contributed by atoms with Crippen molar-refractivity contribution in [3.63, 3.8) is 0 Å². The molecule has 2 aromatic rings.